The van der Waals surface area contributed by atoms with Crippen molar-refractivity contribution in [3.05, 3.63) is 23.3 Å². The molecule has 25 heavy (non-hydrogen) atoms. The van der Waals surface area contributed by atoms with Crippen molar-refractivity contribution in [2.75, 3.05) is 0 Å². The van der Waals surface area contributed by atoms with E-state index in [4.69, 9.17) is 5.21 Å². The zero-order chi connectivity index (χ0) is 18.7. The van der Waals surface area contributed by atoms with Gasteiger partial charge in [0.2, 0.25) is 0 Å². The third-order valence-electron chi connectivity index (χ3n) is 7.29. The minimum Gasteiger partial charge on any atom is -0.411 e. The fourth-order valence-electron chi connectivity index (χ4n) is 5.75. The second kappa shape index (κ2) is 8.10. The molecule has 0 aromatic heterocycles. The summed E-state index contributed by atoms with van der Waals surface area (Å²) in [7, 11) is 0. The first-order chi connectivity index (χ1) is 11.7. The molecule has 3 atom stereocenters. The molecule has 0 radical (unpaired) electrons. The van der Waals surface area contributed by atoms with E-state index in [-0.39, 0.29) is 0 Å². The molecule has 2 aliphatic carbocycles. The molecule has 2 aliphatic rings. The van der Waals surface area contributed by atoms with Crippen LogP contribution < -0.4 is 0 Å². The van der Waals surface area contributed by atoms with E-state index in [9.17, 15) is 0 Å². The van der Waals surface area contributed by atoms with Crippen molar-refractivity contribution in [2.45, 2.75) is 92.9 Å². The highest BCUT2D eigenvalue weighted by Crippen LogP contribution is 2.60. The van der Waals surface area contributed by atoms with Crippen LogP contribution in [-0.4, -0.2) is 10.9 Å². The molecule has 1 N–H and O–H groups in total. The number of rotatable bonds is 6. The Hall–Kier alpha value is -1.05. The predicted molar refractivity (Wildman–Crippen MR) is 108 cm³/mol. The Kier molecular flexibility index (Phi) is 6.56. The molecule has 1 saturated carbocycles. The third kappa shape index (κ3) is 4.57. The Balaban J connectivity index is 2.03. The van der Waals surface area contributed by atoms with Crippen molar-refractivity contribution in [1.82, 2.24) is 0 Å². The van der Waals surface area contributed by atoms with Crippen molar-refractivity contribution < 1.29 is 5.21 Å². The van der Waals surface area contributed by atoms with Gasteiger partial charge in [-0.3, -0.25) is 0 Å². The summed E-state index contributed by atoms with van der Waals surface area (Å²) in [5.74, 6) is 1.56. The summed E-state index contributed by atoms with van der Waals surface area (Å²) in [6, 6.07) is 0. The van der Waals surface area contributed by atoms with Gasteiger partial charge in [0.25, 0.3) is 0 Å². The minimum absolute atomic E-state index is 0.473. The predicted octanol–water partition coefficient (Wildman–Crippen LogP) is 7.14. The number of fused-ring (bicyclic) bond motifs is 1. The Morgan fingerprint density at radius 3 is 2.64 bits per heavy atom. The molecule has 0 aromatic carbocycles. The van der Waals surface area contributed by atoms with E-state index in [0.717, 1.165) is 30.4 Å². The van der Waals surface area contributed by atoms with E-state index in [1.807, 2.05) is 6.92 Å². The molecule has 0 aliphatic heterocycles. The first kappa shape index (κ1) is 20.3. The van der Waals surface area contributed by atoms with Crippen LogP contribution >= 0.6 is 0 Å². The van der Waals surface area contributed by atoms with Gasteiger partial charge in [-0.05, 0) is 88.4 Å². The normalized spacial score (nSPS) is 33.0. The fraction of sp³-hybridized carbons (Fsp3) is 0.783. The molecule has 2 heteroatoms. The van der Waals surface area contributed by atoms with Crippen LogP contribution in [0.25, 0.3) is 0 Å². The Morgan fingerprint density at radius 2 is 1.96 bits per heavy atom. The van der Waals surface area contributed by atoms with E-state index in [1.165, 1.54) is 44.1 Å². The average molecular weight is 346 g/mol. The van der Waals surface area contributed by atoms with Crippen LogP contribution in [0.3, 0.4) is 0 Å². The first-order valence-electron chi connectivity index (χ1n) is 10.2. The molecular weight excluding hydrogens is 306 g/mol. The van der Waals surface area contributed by atoms with E-state index < -0.39 is 0 Å². The van der Waals surface area contributed by atoms with Crippen LogP contribution in [0, 0.1) is 22.7 Å². The maximum Gasteiger partial charge on any atom is 0.0543 e. The van der Waals surface area contributed by atoms with Crippen molar-refractivity contribution >= 4 is 5.71 Å². The van der Waals surface area contributed by atoms with Crippen molar-refractivity contribution in [2.24, 2.45) is 27.8 Å². The quantitative estimate of drug-likeness (QED) is 0.236. The van der Waals surface area contributed by atoms with Crippen LogP contribution in [0.15, 0.2) is 28.5 Å². The maximum atomic E-state index is 8.74. The molecule has 0 saturated heterocycles. The summed E-state index contributed by atoms with van der Waals surface area (Å²) in [6.45, 7) is 14.1. The maximum absolute atomic E-state index is 8.74. The van der Waals surface area contributed by atoms with E-state index in [2.05, 4.69) is 51.9 Å². The smallest absolute Gasteiger partial charge is 0.0543 e. The summed E-state index contributed by atoms with van der Waals surface area (Å²) in [5, 5.41) is 12.0. The summed E-state index contributed by atoms with van der Waals surface area (Å²) in [5.41, 5.74) is 4.89. The van der Waals surface area contributed by atoms with Crippen molar-refractivity contribution in [3.63, 3.8) is 0 Å². The lowest BCUT2D eigenvalue weighted by Gasteiger charge is -2.57. The molecule has 1 fully saturated rings. The summed E-state index contributed by atoms with van der Waals surface area (Å²) in [6.07, 6.45) is 14.6. The molecule has 2 rings (SSSR count). The third-order valence-corrected chi connectivity index (χ3v) is 7.29. The Morgan fingerprint density at radius 1 is 1.24 bits per heavy atom. The molecule has 0 amide bonds. The minimum atomic E-state index is 0.473. The highest BCUT2D eigenvalue weighted by Gasteiger charge is 2.51. The lowest BCUT2D eigenvalue weighted by atomic mass is 9.48. The van der Waals surface area contributed by atoms with Gasteiger partial charge in [0.15, 0.2) is 0 Å². The zero-order valence-corrected chi connectivity index (χ0v) is 17.4. The number of nitrogens with zero attached hydrogens (tertiary/aromatic N) is 1. The van der Waals surface area contributed by atoms with E-state index in [0.29, 0.717) is 10.8 Å². The molecular formula is C23H39NO. The highest BCUT2D eigenvalue weighted by molar-refractivity contribution is 5.81. The van der Waals surface area contributed by atoms with Gasteiger partial charge in [0.1, 0.15) is 0 Å². The monoisotopic (exact) mass is 345 g/mol. The number of hydrogen-bond donors (Lipinski definition) is 1. The second-order valence-electron chi connectivity index (χ2n) is 9.60. The lowest BCUT2D eigenvalue weighted by molar-refractivity contribution is -0.0390. The van der Waals surface area contributed by atoms with Crippen LogP contribution in [-0.2, 0) is 0 Å². The topological polar surface area (TPSA) is 32.6 Å². The Bertz CT molecular complexity index is 554. The molecule has 2 nitrogen and oxygen atoms in total. The van der Waals surface area contributed by atoms with Gasteiger partial charge in [-0.1, -0.05) is 55.6 Å². The van der Waals surface area contributed by atoms with Crippen LogP contribution in [0.4, 0.5) is 0 Å². The van der Waals surface area contributed by atoms with E-state index in [1.54, 1.807) is 5.57 Å². The standard InChI is InChI=1S/C23H39NO/c1-17(9-7-10-19(3)24-25)11-13-20-18(2)12-14-21-22(4,5)15-8-16-23(20,21)6/h9,12,20-21,25H,7-8,10-11,13-16H2,1-6H3/b17-9-,24-19?/t20-,21-,23-/m1/s1. The summed E-state index contributed by atoms with van der Waals surface area (Å²) >= 11 is 0. The van der Waals surface area contributed by atoms with Gasteiger partial charge < -0.3 is 5.21 Å². The molecule has 142 valence electrons. The number of oxime groups is 1. The highest BCUT2D eigenvalue weighted by atomic mass is 16.4. The lowest BCUT2D eigenvalue weighted by Crippen LogP contribution is -2.48. The van der Waals surface area contributed by atoms with Crippen LogP contribution in [0.5, 0.6) is 0 Å². The van der Waals surface area contributed by atoms with Gasteiger partial charge in [-0.25, -0.2) is 0 Å². The van der Waals surface area contributed by atoms with Gasteiger partial charge in [-0.15, -0.1) is 0 Å². The molecule has 0 heterocycles. The van der Waals surface area contributed by atoms with E-state index >= 15 is 0 Å². The summed E-state index contributed by atoms with van der Waals surface area (Å²) < 4.78 is 0. The molecule has 0 bridgehead atoms. The number of hydrogen-bond acceptors (Lipinski definition) is 2. The second-order valence-corrected chi connectivity index (χ2v) is 9.60. The van der Waals surface area contributed by atoms with Crippen LogP contribution in [0.1, 0.15) is 92.9 Å². The van der Waals surface area contributed by atoms with Gasteiger partial charge in [-0.2, -0.15) is 0 Å². The van der Waals surface area contributed by atoms with Crippen molar-refractivity contribution in [3.8, 4) is 0 Å². The molecule has 0 aromatic rings. The summed E-state index contributed by atoms with van der Waals surface area (Å²) in [4.78, 5) is 0. The molecule has 0 spiro atoms. The van der Waals surface area contributed by atoms with Gasteiger partial charge in [0, 0.05) is 0 Å². The van der Waals surface area contributed by atoms with Gasteiger partial charge >= 0.3 is 0 Å². The zero-order valence-electron chi connectivity index (χ0n) is 17.4. The molecule has 0 unspecified atom stereocenters. The van der Waals surface area contributed by atoms with Crippen molar-refractivity contribution in [1.29, 1.82) is 0 Å². The van der Waals surface area contributed by atoms with Crippen LogP contribution in [0.2, 0.25) is 0 Å². The average Bonchev–Trinajstić information content (AvgIpc) is 2.53. The first-order valence-corrected chi connectivity index (χ1v) is 10.2. The Labute approximate surface area is 155 Å². The largest absolute Gasteiger partial charge is 0.411 e. The number of allylic oxidation sites excluding steroid dienone is 4. The fourth-order valence-corrected chi connectivity index (χ4v) is 5.75. The van der Waals surface area contributed by atoms with Gasteiger partial charge in [0.05, 0.1) is 5.71 Å². The SMILES string of the molecule is CC1=CC[C@@H]2C(C)(C)CCC[C@]2(C)[C@@H]1CC/C(C)=C\CCC(C)=NO.